The van der Waals surface area contributed by atoms with Gasteiger partial charge in [0, 0.05) is 29.4 Å². The summed E-state index contributed by atoms with van der Waals surface area (Å²) in [6, 6.07) is 25.2. The van der Waals surface area contributed by atoms with Crippen LogP contribution in [0.2, 0.25) is 0 Å². The molecule has 0 spiro atoms. The summed E-state index contributed by atoms with van der Waals surface area (Å²) in [5.41, 5.74) is 5.21. The van der Waals surface area contributed by atoms with Crippen LogP contribution in [0.4, 0.5) is 4.39 Å². The first kappa shape index (κ1) is 34.2. The molecule has 4 rings (SSSR count). The zero-order valence-electron chi connectivity index (χ0n) is 23.8. The third kappa shape index (κ3) is 8.87. The summed E-state index contributed by atoms with van der Waals surface area (Å²) in [5.74, 6) is -1.78. The Balaban J connectivity index is 0.00000506. The zero-order chi connectivity index (χ0) is 30.2. The Kier molecular flexibility index (Phi) is 12.7. The van der Waals surface area contributed by atoms with Gasteiger partial charge in [-0.1, -0.05) is 72.8 Å². The standard InChI is InChI=1S/C34H37FN2O5.Na.H/c1-22(2)37-29(18-17-27(38)19-28(39)20-30(40)41)31(25-13-15-26(35)16-14-25)32(24-11-7-4-8-12-24)33(37)34(42)36-21-23-9-5-3-6-10-23;;/h3-16,22,27-28,38-39H,17-21H2,1-2H3,(H,36,42)(H,40,41);;/t27-,28-;;/m1../s1. The van der Waals surface area contributed by atoms with Crippen LogP contribution >= 0.6 is 0 Å². The van der Waals surface area contributed by atoms with E-state index in [0.29, 0.717) is 24.2 Å². The van der Waals surface area contributed by atoms with Crippen molar-refractivity contribution in [1.29, 1.82) is 0 Å². The number of aromatic nitrogens is 1. The van der Waals surface area contributed by atoms with Gasteiger partial charge in [-0.2, -0.15) is 0 Å². The molecule has 0 aliphatic rings. The van der Waals surface area contributed by atoms with E-state index in [-0.39, 0.29) is 60.2 Å². The first-order valence-corrected chi connectivity index (χ1v) is 14.1. The van der Waals surface area contributed by atoms with Crippen LogP contribution in [0.25, 0.3) is 22.3 Å². The topological polar surface area (TPSA) is 112 Å². The Morgan fingerprint density at radius 3 is 2.00 bits per heavy atom. The van der Waals surface area contributed by atoms with Gasteiger partial charge in [-0.15, -0.1) is 0 Å². The molecule has 1 aromatic heterocycles. The summed E-state index contributed by atoms with van der Waals surface area (Å²) in [6.07, 6.45) is -2.13. The molecule has 43 heavy (non-hydrogen) atoms. The van der Waals surface area contributed by atoms with E-state index < -0.39 is 24.6 Å². The normalized spacial score (nSPS) is 12.4. The van der Waals surface area contributed by atoms with Crippen molar-refractivity contribution in [2.24, 2.45) is 0 Å². The Morgan fingerprint density at radius 2 is 1.42 bits per heavy atom. The van der Waals surface area contributed by atoms with Crippen molar-refractivity contribution in [2.45, 2.75) is 64.3 Å². The van der Waals surface area contributed by atoms with Gasteiger partial charge >= 0.3 is 35.5 Å². The molecule has 4 N–H and O–H groups in total. The average Bonchev–Trinajstić information content (AvgIpc) is 3.31. The van der Waals surface area contributed by atoms with Gasteiger partial charge in [0.05, 0.1) is 18.6 Å². The van der Waals surface area contributed by atoms with Crippen molar-refractivity contribution in [2.75, 3.05) is 0 Å². The molecular formula is C34H38FN2NaO5. The van der Waals surface area contributed by atoms with Crippen molar-refractivity contribution in [1.82, 2.24) is 9.88 Å². The Morgan fingerprint density at radius 1 is 0.837 bits per heavy atom. The summed E-state index contributed by atoms with van der Waals surface area (Å²) < 4.78 is 16.0. The second-order valence-electron chi connectivity index (χ2n) is 10.7. The number of nitrogens with zero attached hydrogens (tertiary/aromatic N) is 1. The number of rotatable bonds is 13. The molecule has 1 amide bonds. The fourth-order valence-corrected chi connectivity index (χ4v) is 5.37. The maximum absolute atomic E-state index is 14.0. The number of carbonyl (C=O) groups is 2. The van der Waals surface area contributed by atoms with E-state index in [0.717, 1.165) is 27.9 Å². The van der Waals surface area contributed by atoms with Crippen molar-refractivity contribution in [3.8, 4) is 22.3 Å². The van der Waals surface area contributed by atoms with Crippen molar-refractivity contribution in [3.63, 3.8) is 0 Å². The number of carboxylic acid groups (broad SMARTS) is 1. The molecule has 222 valence electrons. The molecule has 2 atom stereocenters. The van der Waals surface area contributed by atoms with Gasteiger partial charge in [-0.3, -0.25) is 9.59 Å². The molecule has 9 heteroatoms. The van der Waals surface area contributed by atoms with E-state index in [4.69, 9.17) is 5.11 Å². The van der Waals surface area contributed by atoms with Gasteiger partial charge < -0.3 is 25.2 Å². The molecule has 1 heterocycles. The van der Waals surface area contributed by atoms with Crippen LogP contribution in [0.15, 0.2) is 84.9 Å². The summed E-state index contributed by atoms with van der Waals surface area (Å²) in [4.78, 5) is 25.0. The molecule has 0 aliphatic carbocycles. The maximum atomic E-state index is 14.0. The number of amides is 1. The summed E-state index contributed by atoms with van der Waals surface area (Å²) in [5, 5.41) is 32.9. The number of carboxylic acids is 1. The number of carbonyl (C=O) groups excluding carboxylic acids is 1. The molecular weight excluding hydrogens is 558 g/mol. The minimum absolute atomic E-state index is 0. The molecule has 0 saturated heterocycles. The van der Waals surface area contributed by atoms with Crippen LogP contribution in [0, 0.1) is 5.82 Å². The van der Waals surface area contributed by atoms with Crippen LogP contribution in [0.3, 0.4) is 0 Å². The molecule has 3 aromatic carbocycles. The van der Waals surface area contributed by atoms with Crippen LogP contribution in [-0.4, -0.2) is 73.5 Å². The molecule has 0 saturated carbocycles. The number of hydrogen-bond donors (Lipinski definition) is 4. The molecule has 0 aliphatic heterocycles. The van der Waals surface area contributed by atoms with Gasteiger partial charge in [0.25, 0.3) is 5.91 Å². The summed E-state index contributed by atoms with van der Waals surface area (Å²) in [7, 11) is 0. The number of aliphatic hydroxyl groups excluding tert-OH is 2. The Labute approximate surface area is 273 Å². The molecule has 0 radical (unpaired) electrons. The van der Waals surface area contributed by atoms with Crippen LogP contribution in [-0.2, 0) is 17.8 Å². The predicted octanol–water partition coefficient (Wildman–Crippen LogP) is 5.34. The van der Waals surface area contributed by atoms with E-state index in [1.54, 1.807) is 12.1 Å². The first-order chi connectivity index (χ1) is 20.2. The van der Waals surface area contributed by atoms with Gasteiger partial charge in [0.1, 0.15) is 11.5 Å². The molecule has 0 unspecified atom stereocenters. The average molecular weight is 597 g/mol. The van der Waals surface area contributed by atoms with Crippen molar-refractivity contribution < 1.29 is 29.3 Å². The van der Waals surface area contributed by atoms with E-state index in [2.05, 4.69) is 5.32 Å². The second-order valence-corrected chi connectivity index (χ2v) is 10.7. The monoisotopic (exact) mass is 596 g/mol. The van der Waals surface area contributed by atoms with E-state index >= 15 is 0 Å². The van der Waals surface area contributed by atoms with Gasteiger partial charge in [0.2, 0.25) is 0 Å². The molecule has 7 nitrogen and oxygen atoms in total. The van der Waals surface area contributed by atoms with E-state index in [1.807, 2.05) is 79.1 Å². The number of aliphatic carboxylic acids is 1. The van der Waals surface area contributed by atoms with Gasteiger partial charge in [0.15, 0.2) is 0 Å². The summed E-state index contributed by atoms with van der Waals surface area (Å²) in [6.45, 7) is 4.29. The first-order valence-electron chi connectivity index (χ1n) is 14.1. The Hall–Kier alpha value is -3.27. The zero-order valence-corrected chi connectivity index (χ0v) is 23.8. The second kappa shape index (κ2) is 16.0. The molecule has 0 bridgehead atoms. The predicted molar refractivity (Wildman–Crippen MR) is 168 cm³/mol. The number of hydrogen-bond acceptors (Lipinski definition) is 4. The minimum atomic E-state index is -1.18. The fraction of sp³-hybridized carbons (Fsp3) is 0.294. The number of benzene rings is 3. The molecule has 4 aromatic rings. The van der Waals surface area contributed by atoms with Crippen molar-refractivity contribution >= 4 is 41.4 Å². The van der Waals surface area contributed by atoms with Crippen LogP contribution in [0.5, 0.6) is 0 Å². The quantitative estimate of drug-likeness (QED) is 0.156. The van der Waals surface area contributed by atoms with Crippen molar-refractivity contribution in [3.05, 3.63) is 108 Å². The van der Waals surface area contributed by atoms with Crippen LogP contribution < -0.4 is 5.32 Å². The summed E-state index contributed by atoms with van der Waals surface area (Å²) >= 11 is 0. The Bertz CT molecular complexity index is 1490. The molecule has 0 fully saturated rings. The third-order valence-electron chi connectivity index (χ3n) is 7.20. The third-order valence-corrected chi connectivity index (χ3v) is 7.20. The van der Waals surface area contributed by atoms with Gasteiger partial charge in [-0.05, 0) is 61.9 Å². The number of aliphatic hydroxyl groups is 2. The number of halogens is 1. The van der Waals surface area contributed by atoms with E-state index in [1.165, 1.54) is 12.1 Å². The number of nitrogens with one attached hydrogen (secondary N) is 1. The fourth-order valence-electron chi connectivity index (χ4n) is 5.37. The van der Waals surface area contributed by atoms with E-state index in [9.17, 15) is 24.2 Å². The SMILES string of the molecule is CC(C)n1c(CC[C@@H](O)C[C@@H](O)CC(=O)O)c(-c2ccc(F)cc2)c(-c2ccccc2)c1C(=O)NCc1ccccc1.[NaH]. The van der Waals surface area contributed by atoms with Gasteiger partial charge in [-0.25, -0.2) is 4.39 Å². The van der Waals surface area contributed by atoms with Crippen LogP contribution in [0.1, 0.15) is 60.9 Å².